The number of nitrogens with zero attached hydrogens (tertiary/aromatic N) is 4. The third-order valence-corrected chi connectivity index (χ3v) is 4.09. The minimum absolute atomic E-state index is 0.558. The molecule has 0 N–H and O–H groups in total. The van der Waals surface area contributed by atoms with Gasteiger partial charge in [0.15, 0.2) is 0 Å². The molecule has 0 amide bonds. The fourth-order valence-electron chi connectivity index (χ4n) is 2.85. The van der Waals surface area contributed by atoms with Crippen LogP contribution in [0.3, 0.4) is 0 Å². The predicted octanol–water partition coefficient (Wildman–Crippen LogP) is 2.79. The third kappa shape index (κ3) is 2.64. The summed E-state index contributed by atoms with van der Waals surface area (Å²) >= 11 is 0. The lowest BCUT2D eigenvalue weighted by Crippen LogP contribution is -2.34. The van der Waals surface area contributed by atoms with Crippen LogP contribution in [0.2, 0.25) is 0 Å². The minimum Gasteiger partial charge on any atom is -0.378 e. The summed E-state index contributed by atoms with van der Waals surface area (Å²) in [5.74, 6) is 0. The molecule has 0 saturated carbocycles. The van der Waals surface area contributed by atoms with Crippen LogP contribution in [0.1, 0.15) is 18.9 Å². The fourth-order valence-corrected chi connectivity index (χ4v) is 2.85. The molecule has 1 aliphatic heterocycles. The number of aromatic nitrogens is 2. The fraction of sp³-hybridized carbons (Fsp3) is 0.438. The molecule has 1 aliphatic rings. The van der Waals surface area contributed by atoms with Crippen LogP contribution >= 0.6 is 0 Å². The molecule has 0 aliphatic carbocycles. The average molecular weight is 270 g/mol. The van der Waals surface area contributed by atoms with E-state index in [-0.39, 0.29) is 0 Å². The largest absolute Gasteiger partial charge is 0.378 e. The van der Waals surface area contributed by atoms with Crippen molar-refractivity contribution in [2.45, 2.75) is 18.9 Å². The Bertz CT molecular complexity index is 522. The predicted molar refractivity (Wildman–Crippen MR) is 83.5 cm³/mol. The minimum atomic E-state index is 0.558. The van der Waals surface area contributed by atoms with Crippen molar-refractivity contribution >= 4 is 11.4 Å². The summed E-state index contributed by atoms with van der Waals surface area (Å²) in [5.41, 5.74) is 2.58. The first kappa shape index (κ1) is 13.0. The zero-order valence-electron chi connectivity index (χ0n) is 12.2. The van der Waals surface area contributed by atoms with Gasteiger partial charge < -0.3 is 9.80 Å². The lowest BCUT2D eigenvalue weighted by Gasteiger charge is -2.33. The van der Waals surface area contributed by atoms with Gasteiger partial charge in [0.1, 0.15) is 0 Å². The number of benzene rings is 1. The van der Waals surface area contributed by atoms with Gasteiger partial charge >= 0.3 is 0 Å². The highest BCUT2D eigenvalue weighted by Crippen LogP contribution is 2.27. The zero-order valence-corrected chi connectivity index (χ0v) is 12.2. The number of hydrogen-bond donors (Lipinski definition) is 0. The van der Waals surface area contributed by atoms with Crippen LogP contribution in [0.5, 0.6) is 0 Å². The average Bonchev–Trinajstić information content (AvgIpc) is 3.02. The van der Waals surface area contributed by atoms with Crippen molar-refractivity contribution in [3.8, 4) is 0 Å². The van der Waals surface area contributed by atoms with E-state index in [1.54, 1.807) is 0 Å². The molecule has 0 radical (unpaired) electrons. The van der Waals surface area contributed by atoms with Gasteiger partial charge in [0.05, 0.1) is 6.04 Å². The highest BCUT2D eigenvalue weighted by atomic mass is 15.3. The lowest BCUT2D eigenvalue weighted by atomic mass is 10.0. The SMILES string of the molecule is CN(C)c1ccc(N2CCC(n3cccn3)CC2)cc1. The number of anilines is 2. The van der Waals surface area contributed by atoms with E-state index in [0.717, 1.165) is 25.9 Å². The molecule has 2 aromatic rings. The molecule has 20 heavy (non-hydrogen) atoms. The summed E-state index contributed by atoms with van der Waals surface area (Å²) in [6.07, 6.45) is 6.27. The Labute approximate surface area is 120 Å². The van der Waals surface area contributed by atoms with Crippen LogP contribution < -0.4 is 9.80 Å². The molecular formula is C16H22N4. The Morgan fingerprint density at radius 1 is 1.10 bits per heavy atom. The van der Waals surface area contributed by atoms with E-state index in [2.05, 4.69) is 64.1 Å². The first-order chi connectivity index (χ1) is 9.74. The number of piperidine rings is 1. The van der Waals surface area contributed by atoms with Crippen molar-refractivity contribution in [1.82, 2.24) is 9.78 Å². The van der Waals surface area contributed by atoms with E-state index in [4.69, 9.17) is 0 Å². The van der Waals surface area contributed by atoms with Gasteiger partial charge in [-0.3, -0.25) is 4.68 Å². The molecule has 0 atom stereocenters. The summed E-state index contributed by atoms with van der Waals surface area (Å²) in [6.45, 7) is 2.21. The maximum absolute atomic E-state index is 4.36. The lowest BCUT2D eigenvalue weighted by molar-refractivity contribution is 0.367. The van der Waals surface area contributed by atoms with Crippen LogP contribution in [0.4, 0.5) is 11.4 Å². The standard InChI is InChI=1S/C16H22N4/c1-18(2)14-4-6-15(7-5-14)19-12-8-16(9-13-19)20-11-3-10-17-20/h3-7,10-11,16H,8-9,12-13H2,1-2H3. The van der Waals surface area contributed by atoms with E-state index in [1.165, 1.54) is 11.4 Å². The van der Waals surface area contributed by atoms with Gasteiger partial charge in [-0.1, -0.05) is 0 Å². The molecule has 0 spiro atoms. The van der Waals surface area contributed by atoms with Gasteiger partial charge in [0, 0.05) is 51.0 Å². The highest BCUT2D eigenvalue weighted by Gasteiger charge is 2.20. The molecule has 4 nitrogen and oxygen atoms in total. The second-order valence-electron chi connectivity index (χ2n) is 5.62. The van der Waals surface area contributed by atoms with E-state index in [1.807, 2.05) is 12.3 Å². The van der Waals surface area contributed by atoms with E-state index >= 15 is 0 Å². The molecule has 4 heteroatoms. The molecule has 106 valence electrons. The Morgan fingerprint density at radius 3 is 2.35 bits per heavy atom. The quantitative estimate of drug-likeness (QED) is 0.857. The normalized spacial score (nSPS) is 16.4. The highest BCUT2D eigenvalue weighted by molar-refractivity contribution is 5.55. The molecule has 0 unspecified atom stereocenters. The summed E-state index contributed by atoms with van der Waals surface area (Å²) in [6, 6.07) is 11.4. The van der Waals surface area contributed by atoms with Crippen molar-refractivity contribution in [3.63, 3.8) is 0 Å². The van der Waals surface area contributed by atoms with Gasteiger partial charge in [0.25, 0.3) is 0 Å². The van der Waals surface area contributed by atoms with Crippen molar-refractivity contribution in [2.24, 2.45) is 0 Å². The van der Waals surface area contributed by atoms with Crippen molar-refractivity contribution < 1.29 is 0 Å². The second kappa shape index (κ2) is 5.57. The molecule has 1 aromatic carbocycles. The first-order valence-electron chi connectivity index (χ1n) is 7.25. The van der Waals surface area contributed by atoms with Gasteiger partial charge in [0.2, 0.25) is 0 Å². The molecular weight excluding hydrogens is 248 g/mol. The van der Waals surface area contributed by atoms with Gasteiger partial charge in [-0.25, -0.2) is 0 Å². The molecule has 2 heterocycles. The summed E-state index contributed by atoms with van der Waals surface area (Å²) in [4.78, 5) is 4.60. The van der Waals surface area contributed by atoms with Crippen LogP contribution in [0, 0.1) is 0 Å². The molecule has 1 saturated heterocycles. The zero-order chi connectivity index (χ0) is 13.9. The maximum atomic E-state index is 4.36. The Morgan fingerprint density at radius 2 is 1.80 bits per heavy atom. The molecule has 0 bridgehead atoms. The Kier molecular flexibility index (Phi) is 3.63. The number of rotatable bonds is 3. The topological polar surface area (TPSA) is 24.3 Å². The van der Waals surface area contributed by atoms with Gasteiger partial charge in [-0.05, 0) is 43.2 Å². The van der Waals surface area contributed by atoms with Crippen LogP contribution in [0.15, 0.2) is 42.7 Å². The van der Waals surface area contributed by atoms with E-state index in [0.29, 0.717) is 6.04 Å². The summed E-state index contributed by atoms with van der Waals surface area (Å²) < 4.78 is 2.10. The van der Waals surface area contributed by atoms with E-state index < -0.39 is 0 Å². The van der Waals surface area contributed by atoms with Crippen molar-refractivity contribution in [1.29, 1.82) is 0 Å². The maximum Gasteiger partial charge on any atom is 0.0552 e. The van der Waals surface area contributed by atoms with Crippen LogP contribution in [0.25, 0.3) is 0 Å². The van der Waals surface area contributed by atoms with Gasteiger partial charge in [-0.2, -0.15) is 5.10 Å². The van der Waals surface area contributed by atoms with Gasteiger partial charge in [-0.15, -0.1) is 0 Å². The second-order valence-corrected chi connectivity index (χ2v) is 5.62. The van der Waals surface area contributed by atoms with Crippen molar-refractivity contribution in [2.75, 3.05) is 37.0 Å². The third-order valence-electron chi connectivity index (χ3n) is 4.09. The Balaban J connectivity index is 1.63. The molecule has 3 rings (SSSR count). The molecule has 1 fully saturated rings. The first-order valence-corrected chi connectivity index (χ1v) is 7.25. The summed E-state index contributed by atoms with van der Waals surface area (Å²) in [7, 11) is 4.15. The molecule has 1 aromatic heterocycles. The van der Waals surface area contributed by atoms with Crippen LogP contribution in [-0.4, -0.2) is 37.0 Å². The van der Waals surface area contributed by atoms with Crippen molar-refractivity contribution in [3.05, 3.63) is 42.7 Å². The number of hydrogen-bond acceptors (Lipinski definition) is 3. The Hall–Kier alpha value is -1.97. The van der Waals surface area contributed by atoms with E-state index in [9.17, 15) is 0 Å². The summed E-state index contributed by atoms with van der Waals surface area (Å²) in [5, 5.41) is 4.36. The van der Waals surface area contributed by atoms with Crippen LogP contribution in [-0.2, 0) is 0 Å². The monoisotopic (exact) mass is 270 g/mol. The smallest absolute Gasteiger partial charge is 0.0552 e.